The predicted octanol–water partition coefficient (Wildman–Crippen LogP) is 3.34. The summed E-state index contributed by atoms with van der Waals surface area (Å²) in [6.45, 7) is 5.25. The van der Waals surface area contributed by atoms with Gasteiger partial charge in [0.1, 0.15) is 25.4 Å². The molecule has 0 unspecified atom stereocenters. The van der Waals surface area contributed by atoms with Gasteiger partial charge in [-0.05, 0) is 55.2 Å². The first-order valence-corrected chi connectivity index (χ1v) is 9.17. The first kappa shape index (κ1) is 21.1. The van der Waals surface area contributed by atoms with Gasteiger partial charge in [-0.1, -0.05) is 18.2 Å². The molecule has 2 aromatic carbocycles. The van der Waals surface area contributed by atoms with Gasteiger partial charge in [0.15, 0.2) is 11.5 Å². The highest BCUT2D eigenvalue weighted by Gasteiger charge is 2.11. The molecule has 0 aliphatic rings. The summed E-state index contributed by atoms with van der Waals surface area (Å²) in [6, 6.07) is 13.5. The molecule has 0 atom stereocenters. The van der Waals surface area contributed by atoms with Crippen LogP contribution in [0, 0.1) is 25.2 Å². The molecule has 1 amide bonds. The number of aryl methyl sites for hydroxylation is 2. The number of hydrogen-bond donors (Lipinski definition) is 1. The van der Waals surface area contributed by atoms with Crippen molar-refractivity contribution in [2.45, 2.75) is 26.7 Å². The Kier molecular flexibility index (Phi) is 8.16. The molecule has 2 rings (SSSR count). The monoisotopic (exact) mass is 382 g/mol. The Morgan fingerprint density at radius 1 is 1.11 bits per heavy atom. The Hall–Kier alpha value is -3.20. The van der Waals surface area contributed by atoms with E-state index < -0.39 is 0 Å². The van der Waals surface area contributed by atoms with E-state index in [1.165, 1.54) is 0 Å². The van der Waals surface area contributed by atoms with Crippen molar-refractivity contribution in [3.05, 3.63) is 53.1 Å². The van der Waals surface area contributed by atoms with Crippen LogP contribution in [-0.4, -0.2) is 32.8 Å². The maximum Gasteiger partial charge on any atom is 0.234 e. The SMILES string of the molecule is COc1cccc(CCNC(=O)CC#N)c1OCCOc1cc(C)cc(C)c1. The molecule has 148 valence electrons. The highest BCUT2D eigenvalue weighted by atomic mass is 16.5. The fourth-order valence-electron chi connectivity index (χ4n) is 2.87. The van der Waals surface area contributed by atoms with E-state index >= 15 is 0 Å². The quantitative estimate of drug-likeness (QED) is 0.638. The summed E-state index contributed by atoms with van der Waals surface area (Å²) in [5.74, 6) is 1.81. The van der Waals surface area contributed by atoms with E-state index in [0.717, 1.165) is 22.4 Å². The van der Waals surface area contributed by atoms with Crippen LogP contribution in [0.25, 0.3) is 0 Å². The lowest BCUT2D eigenvalue weighted by atomic mass is 10.1. The number of ether oxygens (including phenoxy) is 3. The molecule has 0 radical (unpaired) electrons. The number of nitriles is 1. The van der Waals surface area contributed by atoms with Crippen molar-refractivity contribution in [2.75, 3.05) is 26.9 Å². The van der Waals surface area contributed by atoms with Gasteiger partial charge < -0.3 is 19.5 Å². The summed E-state index contributed by atoms with van der Waals surface area (Å²) in [6.07, 6.45) is 0.429. The lowest BCUT2D eigenvalue weighted by molar-refractivity contribution is -0.120. The van der Waals surface area contributed by atoms with E-state index in [-0.39, 0.29) is 12.3 Å². The number of carbonyl (C=O) groups is 1. The molecule has 0 aliphatic carbocycles. The van der Waals surface area contributed by atoms with Crippen molar-refractivity contribution in [2.24, 2.45) is 0 Å². The van der Waals surface area contributed by atoms with Gasteiger partial charge >= 0.3 is 0 Å². The zero-order valence-electron chi connectivity index (χ0n) is 16.6. The van der Waals surface area contributed by atoms with Crippen LogP contribution < -0.4 is 19.5 Å². The van der Waals surface area contributed by atoms with E-state index in [9.17, 15) is 4.79 Å². The first-order chi connectivity index (χ1) is 13.5. The minimum absolute atomic E-state index is 0.142. The standard InChI is InChI=1S/C22H26N2O4/c1-16-13-17(2)15-19(14-16)27-11-12-28-22-18(5-4-6-20(22)26-3)8-10-24-21(25)7-9-23/h4-6,13-15H,7-8,10-12H2,1-3H3,(H,24,25). The first-order valence-electron chi connectivity index (χ1n) is 9.17. The summed E-state index contributed by atoms with van der Waals surface area (Å²) in [5, 5.41) is 11.3. The van der Waals surface area contributed by atoms with Gasteiger partial charge in [-0.3, -0.25) is 4.79 Å². The van der Waals surface area contributed by atoms with Crippen LogP contribution in [-0.2, 0) is 11.2 Å². The molecule has 0 aromatic heterocycles. The van der Waals surface area contributed by atoms with Crippen molar-refractivity contribution in [1.29, 1.82) is 5.26 Å². The van der Waals surface area contributed by atoms with Gasteiger partial charge in [0, 0.05) is 6.54 Å². The number of nitrogens with zero attached hydrogens (tertiary/aromatic N) is 1. The normalized spacial score (nSPS) is 10.1. The molecule has 0 spiro atoms. The molecule has 0 heterocycles. The van der Waals surface area contributed by atoms with Crippen molar-refractivity contribution >= 4 is 5.91 Å². The maximum absolute atomic E-state index is 11.4. The van der Waals surface area contributed by atoms with E-state index in [0.29, 0.717) is 37.7 Å². The molecule has 0 aliphatic heterocycles. The summed E-state index contributed by atoms with van der Waals surface area (Å²) in [4.78, 5) is 11.4. The molecule has 6 nitrogen and oxygen atoms in total. The number of carbonyl (C=O) groups excluding carboxylic acids is 1. The van der Waals surface area contributed by atoms with Crippen LogP contribution in [0.15, 0.2) is 36.4 Å². The fraction of sp³-hybridized carbons (Fsp3) is 0.364. The molecular formula is C22H26N2O4. The zero-order chi connectivity index (χ0) is 20.4. The summed E-state index contributed by atoms with van der Waals surface area (Å²) in [7, 11) is 1.59. The Bertz CT molecular complexity index is 823. The minimum atomic E-state index is -0.283. The third-order valence-electron chi connectivity index (χ3n) is 4.03. The number of rotatable bonds is 10. The van der Waals surface area contributed by atoms with E-state index in [2.05, 4.69) is 11.4 Å². The second-order valence-corrected chi connectivity index (χ2v) is 6.40. The topological polar surface area (TPSA) is 80.6 Å². The number of methoxy groups -OCH3 is 1. The zero-order valence-corrected chi connectivity index (χ0v) is 16.6. The van der Waals surface area contributed by atoms with Gasteiger partial charge in [-0.25, -0.2) is 0 Å². The van der Waals surface area contributed by atoms with E-state index in [1.54, 1.807) is 7.11 Å². The third kappa shape index (κ3) is 6.51. The maximum atomic E-state index is 11.4. The number of amides is 1. The molecule has 6 heteroatoms. The molecular weight excluding hydrogens is 356 g/mol. The van der Waals surface area contributed by atoms with Crippen LogP contribution in [0.4, 0.5) is 0 Å². The molecule has 0 saturated heterocycles. The number of hydrogen-bond acceptors (Lipinski definition) is 5. The summed E-state index contributed by atoms with van der Waals surface area (Å²) in [5.41, 5.74) is 3.23. The molecule has 2 aromatic rings. The van der Waals surface area contributed by atoms with Gasteiger partial charge in [-0.15, -0.1) is 0 Å². The Morgan fingerprint density at radius 2 is 1.82 bits per heavy atom. The van der Waals surface area contributed by atoms with Crippen LogP contribution in [0.3, 0.4) is 0 Å². The fourth-order valence-corrected chi connectivity index (χ4v) is 2.87. The highest BCUT2D eigenvalue weighted by molar-refractivity contribution is 5.77. The van der Waals surface area contributed by atoms with Crippen molar-refractivity contribution in [3.63, 3.8) is 0 Å². The molecule has 0 bridgehead atoms. The smallest absolute Gasteiger partial charge is 0.234 e. The lowest BCUT2D eigenvalue weighted by Crippen LogP contribution is -2.25. The average molecular weight is 382 g/mol. The van der Waals surface area contributed by atoms with E-state index in [4.69, 9.17) is 19.5 Å². The average Bonchev–Trinajstić information content (AvgIpc) is 2.65. The molecule has 1 N–H and O–H groups in total. The third-order valence-corrected chi connectivity index (χ3v) is 4.03. The Labute approximate surface area is 166 Å². The van der Waals surface area contributed by atoms with Gasteiger partial charge in [0.25, 0.3) is 0 Å². The van der Waals surface area contributed by atoms with Crippen molar-refractivity contribution in [1.82, 2.24) is 5.32 Å². The van der Waals surface area contributed by atoms with Crippen LogP contribution in [0.2, 0.25) is 0 Å². The second kappa shape index (κ2) is 10.8. The lowest BCUT2D eigenvalue weighted by Gasteiger charge is -2.16. The number of nitrogens with one attached hydrogen (secondary N) is 1. The van der Waals surface area contributed by atoms with Crippen molar-refractivity contribution < 1.29 is 19.0 Å². The van der Waals surface area contributed by atoms with Gasteiger partial charge in [0.2, 0.25) is 5.91 Å². The predicted molar refractivity (Wildman–Crippen MR) is 107 cm³/mol. The minimum Gasteiger partial charge on any atom is -0.493 e. The Morgan fingerprint density at radius 3 is 2.50 bits per heavy atom. The second-order valence-electron chi connectivity index (χ2n) is 6.40. The van der Waals surface area contributed by atoms with Crippen LogP contribution in [0.1, 0.15) is 23.1 Å². The van der Waals surface area contributed by atoms with Gasteiger partial charge in [-0.2, -0.15) is 5.26 Å². The van der Waals surface area contributed by atoms with Gasteiger partial charge in [0.05, 0.1) is 13.2 Å². The van der Waals surface area contributed by atoms with E-state index in [1.807, 2.05) is 50.2 Å². The molecule has 0 saturated carbocycles. The highest BCUT2D eigenvalue weighted by Crippen LogP contribution is 2.31. The molecule has 28 heavy (non-hydrogen) atoms. The number of para-hydroxylation sites is 1. The summed E-state index contributed by atoms with van der Waals surface area (Å²) >= 11 is 0. The summed E-state index contributed by atoms with van der Waals surface area (Å²) < 4.78 is 17.1. The molecule has 0 fully saturated rings. The largest absolute Gasteiger partial charge is 0.493 e. The van der Waals surface area contributed by atoms with Crippen LogP contribution >= 0.6 is 0 Å². The van der Waals surface area contributed by atoms with Crippen molar-refractivity contribution in [3.8, 4) is 23.3 Å². The van der Waals surface area contributed by atoms with Crippen LogP contribution in [0.5, 0.6) is 17.2 Å². The number of benzene rings is 2. The Balaban J connectivity index is 1.93.